The lowest BCUT2D eigenvalue weighted by Gasteiger charge is -2.25. The fourth-order valence-electron chi connectivity index (χ4n) is 2.78. The molecule has 0 unspecified atom stereocenters. The lowest BCUT2D eigenvalue weighted by Crippen LogP contribution is -2.52. The number of hydrogen-bond donors (Lipinski definition) is 1. The first kappa shape index (κ1) is 21.5. The average molecular weight is 486 g/mol. The van der Waals surface area contributed by atoms with Gasteiger partial charge >= 0.3 is 0 Å². The molecule has 1 N–H and O–H groups in total. The molecule has 2 aromatic carbocycles. The summed E-state index contributed by atoms with van der Waals surface area (Å²) in [6, 6.07) is 12.6. The Balaban J connectivity index is 1.91. The van der Waals surface area contributed by atoms with Crippen LogP contribution in [0.1, 0.15) is 16.7 Å². The van der Waals surface area contributed by atoms with Crippen LogP contribution in [-0.2, 0) is 16.2 Å². The zero-order chi connectivity index (χ0) is 21.8. The Morgan fingerprint density at radius 2 is 2.03 bits per heavy atom. The van der Waals surface area contributed by atoms with Crippen LogP contribution in [-0.4, -0.2) is 36.0 Å². The van der Waals surface area contributed by atoms with Crippen LogP contribution in [0.3, 0.4) is 0 Å². The molecular formula is C21H16BrN3O4S. The number of halogens is 1. The van der Waals surface area contributed by atoms with Crippen molar-refractivity contribution in [3.63, 3.8) is 0 Å². The van der Waals surface area contributed by atoms with Crippen molar-refractivity contribution in [1.82, 2.24) is 10.2 Å². The molecule has 3 rings (SSSR count). The van der Waals surface area contributed by atoms with Gasteiger partial charge in [-0.3, -0.25) is 19.8 Å². The van der Waals surface area contributed by atoms with E-state index in [0.29, 0.717) is 27.1 Å². The highest BCUT2D eigenvalue weighted by atomic mass is 79.9. The van der Waals surface area contributed by atoms with Gasteiger partial charge in [0.1, 0.15) is 12.2 Å². The van der Waals surface area contributed by atoms with E-state index in [1.165, 1.54) is 25.1 Å². The molecule has 0 saturated carbocycles. The smallest absolute Gasteiger partial charge is 0.265 e. The number of likely N-dealkylation sites (N-methyl/N-ethyl adjacent to an activating group) is 1. The third-order valence-electron chi connectivity index (χ3n) is 4.38. The van der Waals surface area contributed by atoms with Crippen molar-refractivity contribution in [1.29, 1.82) is 5.26 Å². The number of nitrogens with zero attached hydrogens (tertiary/aromatic N) is 2. The second-order valence-corrected chi connectivity index (χ2v) is 7.51. The molecule has 0 atom stereocenters. The minimum atomic E-state index is -0.563. The predicted molar refractivity (Wildman–Crippen MR) is 118 cm³/mol. The molecule has 1 aliphatic rings. The van der Waals surface area contributed by atoms with Crippen LogP contribution in [0.2, 0.25) is 0 Å². The summed E-state index contributed by atoms with van der Waals surface area (Å²) in [5, 5.41) is 11.8. The number of nitrogens with one attached hydrogen (secondary N) is 1. The van der Waals surface area contributed by atoms with Crippen LogP contribution in [0.5, 0.6) is 11.5 Å². The molecule has 0 bridgehead atoms. The fourth-order valence-corrected chi connectivity index (χ4v) is 3.53. The Morgan fingerprint density at radius 1 is 1.30 bits per heavy atom. The molecule has 0 aromatic heterocycles. The van der Waals surface area contributed by atoms with Crippen LogP contribution < -0.4 is 14.8 Å². The summed E-state index contributed by atoms with van der Waals surface area (Å²) in [6.45, 7) is 0.169. The second kappa shape index (κ2) is 9.07. The Morgan fingerprint density at radius 3 is 2.73 bits per heavy atom. The molecule has 9 heteroatoms. The first-order valence-corrected chi connectivity index (χ1v) is 9.89. The lowest BCUT2D eigenvalue weighted by atomic mass is 10.1. The molecule has 7 nitrogen and oxygen atoms in total. The zero-order valence-corrected chi connectivity index (χ0v) is 18.5. The SMILES string of the molecule is COc1cc(/C=C2\C(=O)NC(=S)N(C)C2=O)cc(Br)c1OCc1ccccc1C#N. The van der Waals surface area contributed by atoms with E-state index in [2.05, 4.69) is 27.3 Å². The quantitative estimate of drug-likeness (QED) is 0.397. The number of benzene rings is 2. The highest BCUT2D eigenvalue weighted by Gasteiger charge is 2.30. The molecule has 0 aliphatic carbocycles. The topological polar surface area (TPSA) is 91.7 Å². The van der Waals surface area contributed by atoms with Gasteiger partial charge in [0.05, 0.1) is 23.2 Å². The molecule has 0 radical (unpaired) electrons. The molecule has 0 spiro atoms. The van der Waals surface area contributed by atoms with E-state index < -0.39 is 11.8 Å². The number of hydrogen-bond acceptors (Lipinski definition) is 6. The summed E-state index contributed by atoms with van der Waals surface area (Å²) in [6.07, 6.45) is 1.46. The number of carbonyl (C=O) groups excluding carboxylic acids is 2. The maximum atomic E-state index is 12.4. The van der Waals surface area contributed by atoms with E-state index in [1.807, 2.05) is 12.1 Å². The van der Waals surface area contributed by atoms with E-state index in [1.54, 1.807) is 24.3 Å². The van der Waals surface area contributed by atoms with Crippen molar-refractivity contribution in [3.05, 3.63) is 63.1 Å². The zero-order valence-electron chi connectivity index (χ0n) is 16.1. The highest BCUT2D eigenvalue weighted by Crippen LogP contribution is 2.38. The highest BCUT2D eigenvalue weighted by molar-refractivity contribution is 9.10. The first-order chi connectivity index (χ1) is 14.3. The van der Waals surface area contributed by atoms with Gasteiger partial charge in [-0.1, -0.05) is 18.2 Å². The van der Waals surface area contributed by atoms with Crippen LogP contribution in [0.25, 0.3) is 6.08 Å². The number of ether oxygens (including phenoxy) is 2. The van der Waals surface area contributed by atoms with Crippen molar-refractivity contribution >= 4 is 51.2 Å². The number of rotatable bonds is 5. The molecule has 1 saturated heterocycles. The summed E-state index contributed by atoms with van der Waals surface area (Å²) in [7, 11) is 2.98. The summed E-state index contributed by atoms with van der Waals surface area (Å²) in [5.41, 5.74) is 1.78. The molecular weight excluding hydrogens is 470 g/mol. The Hall–Kier alpha value is -3.22. The van der Waals surface area contributed by atoms with Crippen LogP contribution in [0, 0.1) is 11.3 Å². The van der Waals surface area contributed by atoms with Crippen molar-refractivity contribution in [3.8, 4) is 17.6 Å². The van der Waals surface area contributed by atoms with Gasteiger partial charge < -0.3 is 9.47 Å². The van der Waals surface area contributed by atoms with Gasteiger partial charge in [0.25, 0.3) is 11.8 Å². The maximum absolute atomic E-state index is 12.4. The van der Waals surface area contributed by atoms with Gasteiger partial charge in [-0.25, -0.2) is 0 Å². The summed E-state index contributed by atoms with van der Waals surface area (Å²) in [5.74, 6) is -0.220. The largest absolute Gasteiger partial charge is 0.493 e. The van der Waals surface area contributed by atoms with Crippen LogP contribution in [0.15, 0.2) is 46.4 Å². The minimum Gasteiger partial charge on any atom is -0.493 e. The van der Waals surface area contributed by atoms with Crippen molar-refractivity contribution in [2.24, 2.45) is 0 Å². The number of methoxy groups -OCH3 is 1. The molecule has 1 heterocycles. The van der Waals surface area contributed by atoms with Crippen molar-refractivity contribution in [2.45, 2.75) is 6.61 Å². The van der Waals surface area contributed by atoms with E-state index in [4.69, 9.17) is 21.7 Å². The second-order valence-electron chi connectivity index (χ2n) is 6.27. The summed E-state index contributed by atoms with van der Waals surface area (Å²) < 4.78 is 11.9. The number of nitriles is 1. The van der Waals surface area contributed by atoms with Crippen molar-refractivity contribution in [2.75, 3.05) is 14.2 Å². The van der Waals surface area contributed by atoms with Gasteiger partial charge in [-0.05, 0) is 58.0 Å². The van der Waals surface area contributed by atoms with E-state index >= 15 is 0 Å². The third-order valence-corrected chi connectivity index (χ3v) is 5.34. The number of thiocarbonyl (C=S) groups is 1. The number of amides is 2. The van der Waals surface area contributed by atoms with Crippen LogP contribution in [0.4, 0.5) is 0 Å². The normalized spacial score (nSPS) is 15.1. The van der Waals surface area contributed by atoms with E-state index in [0.717, 1.165) is 5.56 Å². The lowest BCUT2D eigenvalue weighted by molar-refractivity contribution is -0.128. The van der Waals surface area contributed by atoms with Crippen LogP contribution >= 0.6 is 28.1 Å². The Labute approximate surface area is 187 Å². The fraction of sp³-hybridized carbons (Fsp3) is 0.143. The Bertz CT molecular complexity index is 1120. The average Bonchev–Trinajstić information content (AvgIpc) is 2.74. The maximum Gasteiger partial charge on any atom is 0.265 e. The number of carbonyl (C=O) groups is 2. The standard InChI is InChI=1S/C21H16BrN3O4S/c1-25-20(27)15(19(26)24-21(25)30)7-12-8-16(22)18(17(9-12)28-2)29-11-14-6-4-3-5-13(14)10-23/h3-9H,11H2,1-2H3,(H,24,26,30)/b15-7+. The molecule has 2 amide bonds. The molecule has 1 fully saturated rings. The van der Waals surface area contributed by atoms with Gasteiger partial charge in [-0.15, -0.1) is 0 Å². The van der Waals surface area contributed by atoms with E-state index in [-0.39, 0.29) is 17.3 Å². The molecule has 30 heavy (non-hydrogen) atoms. The van der Waals surface area contributed by atoms with Crippen molar-refractivity contribution < 1.29 is 19.1 Å². The van der Waals surface area contributed by atoms with E-state index in [9.17, 15) is 14.9 Å². The summed E-state index contributed by atoms with van der Waals surface area (Å²) in [4.78, 5) is 25.8. The predicted octanol–water partition coefficient (Wildman–Crippen LogP) is 3.16. The molecule has 152 valence electrons. The van der Waals surface area contributed by atoms with Gasteiger partial charge in [0.2, 0.25) is 0 Å². The summed E-state index contributed by atoms with van der Waals surface area (Å²) >= 11 is 8.40. The van der Waals surface area contributed by atoms with Gasteiger partial charge in [0, 0.05) is 12.6 Å². The minimum absolute atomic E-state index is 0.0448. The third kappa shape index (κ3) is 4.35. The first-order valence-electron chi connectivity index (χ1n) is 8.69. The molecule has 2 aromatic rings. The van der Waals surface area contributed by atoms with Gasteiger partial charge in [-0.2, -0.15) is 5.26 Å². The Kier molecular flexibility index (Phi) is 6.50. The molecule has 1 aliphatic heterocycles. The van der Waals surface area contributed by atoms with Gasteiger partial charge in [0.15, 0.2) is 16.6 Å². The monoisotopic (exact) mass is 485 g/mol.